The number of amides is 1. The molecule has 1 aromatic rings. The summed E-state index contributed by atoms with van der Waals surface area (Å²) in [5, 5.41) is 0. The van der Waals surface area contributed by atoms with Crippen LogP contribution in [0, 0.1) is 0 Å². The molecular weight excluding hydrogens is 296 g/mol. The van der Waals surface area contributed by atoms with Gasteiger partial charge in [0.15, 0.2) is 5.96 Å². The van der Waals surface area contributed by atoms with Crippen LogP contribution in [0.15, 0.2) is 23.7 Å². The van der Waals surface area contributed by atoms with E-state index in [1.807, 2.05) is 36.4 Å². The maximum absolute atomic E-state index is 12.0. The molecule has 0 bridgehead atoms. The average molecular weight is 322 g/mol. The van der Waals surface area contributed by atoms with Gasteiger partial charge in [-0.05, 0) is 20.8 Å². The predicted octanol–water partition coefficient (Wildman–Crippen LogP) is 0.751. The van der Waals surface area contributed by atoms with Crippen LogP contribution in [0.1, 0.15) is 20.8 Å². The van der Waals surface area contributed by atoms with Crippen LogP contribution < -0.4 is 5.73 Å². The Balaban J connectivity index is 1.75. The molecule has 0 radical (unpaired) electrons. The highest BCUT2D eigenvalue weighted by Gasteiger charge is 2.26. The maximum Gasteiger partial charge on any atom is 0.410 e. The van der Waals surface area contributed by atoms with Crippen molar-refractivity contribution < 1.29 is 9.53 Å². The van der Waals surface area contributed by atoms with Gasteiger partial charge in [-0.15, -0.1) is 0 Å². The highest BCUT2D eigenvalue weighted by Crippen LogP contribution is 2.11. The van der Waals surface area contributed by atoms with Gasteiger partial charge in [0.05, 0.1) is 12.9 Å². The fourth-order valence-electron chi connectivity index (χ4n) is 2.24. The van der Waals surface area contributed by atoms with Gasteiger partial charge in [-0.25, -0.2) is 9.78 Å². The Bertz CT molecular complexity index is 527. The summed E-state index contributed by atoms with van der Waals surface area (Å²) in [5.74, 6) is 0.522. The number of ether oxygens (including phenoxy) is 1. The van der Waals surface area contributed by atoms with Crippen LogP contribution in [0.4, 0.5) is 4.79 Å². The first-order chi connectivity index (χ1) is 10.8. The first-order valence-corrected chi connectivity index (χ1v) is 7.84. The minimum atomic E-state index is -0.470. The molecule has 1 aliphatic heterocycles. The Kier molecular flexibility index (Phi) is 5.46. The molecule has 1 aliphatic rings. The van der Waals surface area contributed by atoms with Crippen molar-refractivity contribution in [2.75, 3.05) is 32.7 Å². The van der Waals surface area contributed by atoms with Crippen molar-refractivity contribution in [1.29, 1.82) is 0 Å². The first-order valence-electron chi connectivity index (χ1n) is 7.84. The largest absolute Gasteiger partial charge is 0.444 e. The highest BCUT2D eigenvalue weighted by atomic mass is 16.6. The monoisotopic (exact) mass is 322 g/mol. The number of nitrogens with two attached hydrogens (primary N) is 1. The van der Waals surface area contributed by atoms with Crippen molar-refractivity contribution in [3.63, 3.8) is 0 Å². The Hall–Kier alpha value is -2.25. The molecular formula is C15H26N6O2. The van der Waals surface area contributed by atoms with Gasteiger partial charge >= 0.3 is 6.09 Å². The van der Waals surface area contributed by atoms with E-state index < -0.39 is 5.60 Å². The summed E-state index contributed by atoms with van der Waals surface area (Å²) < 4.78 is 7.33. The zero-order valence-corrected chi connectivity index (χ0v) is 14.1. The van der Waals surface area contributed by atoms with Crippen LogP contribution in [-0.2, 0) is 11.3 Å². The highest BCUT2D eigenvalue weighted by molar-refractivity contribution is 5.78. The van der Waals surface area contributed by atoms with E-state index in [9.17, 15) is 4.79 Å². The Labute approximate surface area is 136 Å². The third-order valence-corrected chi connectivity index (χ3v) is 3.45. The number of imidazole rings is 1. The second kappa shape index (κ2) is 7.34. The molecule has 0 saturated carbocycles. The second-order valence-corrected chi connectivity index (χ2v) is 6.49. The molecule has 23 heavy (non-hydrogen) atoms. The van der Waals surface area contributed by atoms with Crippen molar-refractivity contribution >= 4 is 12.1 Å². The normalized spacial score (nSPS) is 16.6. The number of rotatable bonds is 3. The number of carbonyl (C=O) groups is 1. The molecule has 1 saturated heterocycles. The van der Waals surface area contributed by atoms with E-state index in [0.717, 1.165) is 6.54 Å². The lowest BCUT2D eigenvalue weighted by Crippen LogP contribution is -2.53. The first kappa shape index (κ1) is 17.1. The molecule has 8 heteroatoms. The van der Waals surface area contributed by atoms with E-state index >= 15 is 0 Å². The minimum Gasteiger partial charge on any atom is -0.444 e. The van der Waals surface area contributed by atoms with Gasteiger partial charge in [0.1, 0.15) is 5.60 Å². The lowest BCUT2D eigenvalue weighted by Gasteiger charge is -2.36. The van der Waals surface area contributed by atoms with E-state index in [1.54, 1.807) is 17.4 Å². The van der Waals surface area contributed by atoms with Crippen LogP contribution in [0.25, 0.3) is 0 Å². The molecule has 0 unspecified atom stereocenters. The van der Waals surface area contributed by atoms with Crippen molar-refractivity contribution in [2.24, 2.45) is 10.7 Å². The van der Waals surface area contributed by atoms with E-state index in [4.69, 9.17) is 10.5 Å². The van der Waals surface area contributed by atoms with Gasteiger partial charge in [0.25, 0.3) is 0 Å². The minimum absolute atomic E-state index is 0.271. The molecule has 1 aromatic heterocycles. The zero-order valence-electron chi connectivity index (χ0n) is 14.1. The molecule has 2 heterocycles. The van der Waals surface area contributed by atoms with Gasteiger partial charge in [-0.2, -0.15) is 0 Å². The fourth-order valence-corrected chi connectivity index (χ4v) is 2.24. The number of piperazine rings is 1. The van der Waals surface area contributed by atoms with Crippen molar-refractivity contribution in [1.82, 2.24) is 19.4 Å². The standard InChI is InChI=1S/C15H26N6O2/c1-15(2,3)23-14(22)21-10-8-20(9-11-21)13(16)18-5-7-19-6-4-17-12-19/h4,6,12H,5,7-11H2,1-3H3,(H2,16,18). The van der Waals surface area contributed by atoms with Crippen molar-refractivity contribution in [3.8, 4) is 0 Å². The molecule has 1 amide bonds. The molecule has 0 aliphatic carbocycles. The third kappa shape index (κ3) is 5.46. The average Bonchev–Trinajstić information content (AvgIpc) is 2.99. The zero-order chi connectivity index (χ0) is 16.9. The van der Waals surface area contributed by atoms with Gasteiger partial charge in [0, 0.05) is 45.1 Å². The Morgan fingerprint density at radius 1 is 1.26 bits per heavy atom. The topological polar surface area (TPSA) is 89.0 Å². The number of carbonyl (C=O) groups excluding carboxylic acids is 1. The van der Waals surface area contributed by atoms with Gasteiger partial charge in [0.2, 0.25) is 0 Å². The van der Waals surface area contributed by atoms with Crippen LogP contribution in [0.2, 0.25) is 0 Å². The van der Waals surface area contributed by atoms with Crippen molar-refractivity contribution in [2.45, 2.75) is 32.9 Å². The summed E-state index contributed by atoms with van der Waals surface area (Å²) in [5.41, 5.74) is 5.56. The molecule has 128 valence electrons. The number of hydrogen-bond acceptors (Lipinski definition) is 4. The van der Waals surface area contributed by atoms with Gasteiger partial charge in [-0.3, -0.25) is 4.99 Å². The molecule has 8 nitrogen and oxygen atoms in total. The summed E-state index contributed by atoms with van der Waals surface area (Å²) >= 11 is 0. The molecule has 2 N–H and O–H groups in total. The van der Waals surface area contributed by atoms with Crippen LogP contribution in [0.3, 0.4) is 0 Å². The summed E-state index contributed by atoms with van der Waals surface area (Å²) in [6.45, 7) is 9.47. The third-order valence-electron chi connectivity index (χ3n) is 3.45. The summed E-state index contributed by atoms with van der Waals surface area (Å²) in [6, 6.07) is 0. The van der Waals surface area contributed by atoms with Crippen LogP contribution >= 0.6 is 0 Å². The summed E-state index contributed by atoms with van der Waals surface area (Å²) in [4.78, 5) is 24.1. The van der Waals surface area contributed by atoms with E-state index in [2.05, 4.69) is 9.98 Å². The molecule has 0 aromatic carbocycles. The lowest BCUT2D eigenvalue weighted by molar-refractivity contribution is 0.0186. The summed E-state index contributed by atoms with van der Waals surface area (Å²) in [6.07, 6.45) is 5.12. The van der Waals surface area contributed by atoms with Crippen LogP contribution in [-0.4, -0.2) is 69.7 Å². The van der Waals surface area contributed by atoms with Crippen molar-refractivity contribution in [3.05, 3.63) is 18.7 Å². The number of aliphatic imine (C=N–C) groups is 1. The number of aromatic nitrogens is 2. The Morgan fingerprint density at radius 3 is 2.48 bits per heavy atom. The molecule has 2 rings (SSSR count). The quantitative estimate of drug-likeness (QED) is 0.655. The second-order valence-electron chi connectivity index (χ2n) is 6.49. The maximum atomic E-state index is 12.0. The van der Waals surface area contributed by atoms with E-state index in [1.165, 1.54) is 0 Å². The molecule has 0 atom stereocenters. The molecule has 0 spiro atoms. The van der Waals surface area contributed by atoms with Gasteiger partial charge < -0.3 is 24.8 Å². The van der Waals surface area contributed by atoms with E-state index in [-0.39, 0.29) is 6.09 Å². The molecule has 1 fully saturated rings. The summed E-state index contributed by atoms with van der Waals surface area (Å²) in [7, 11) is 0. The van der Waals surface area contributed by atoms with Crippen LogP contribution in [0.5, 0.6) is 0 Å². The number of hydrogen-bond donors (Lipinski definition) is 1. The number of nitrogens with zero attached hydrogens (tertiary/aromatic N) is 5. The fraction of sp³-hybridized carbons (Fsp3) is 0.667. The van der Waals surface area contributed by atoms with Gasteiger partial charge in [-0.1, -0.05) is 0 Å². The SMILES string of the molecule is CC(C)(C)OC(=O)N1CCN(C(N)=NCCn2ccnc2)CC1. The Morgan fingerprint density at radius 2 is 1.91 bits per heavy atom. The number of guanidine groups is 1. The predicted molar refractivity (Wildman–Crippen MR) is 88.1 cm³/mol. The smallest absolute Gasteiger partial charge is 0.410 e. The lowest BCUT2D eigenvalue weighted by atomic mass is 10.2. The van der Waals surface area contributed by atoms with E-state index in [0.29, 0.717) is 38.7 Å².